The molecule has 0 amide bonds. The lowest BCUT2D eigenvalue weighted by Gasteiger charge is -2.04. The van der Waals surface area contributed by atoms with Gasteiger partial charge >= 0.3 is 0 Å². The van der Waals surface area contributed by atoms with E-state index in [0.29, 0.717) is 10.3 Å². The molecule has 0 aliphatic heterocycles. The minimum Gasteiger partial charge on any atom is -0.328 e. The second-order valence-corrected chi connectivity index (χ2v) is 2.93. The van der Waals surface area contributed by atoms with Gasteiger partial charge in [-0.2, -0.15) is 0 Å². The molecule has 0 bridgehead atoms. The number of aryl methyl sites for hydroxylation is 2. The third-order valence-corrected chi connectivity index (χ3v) is 2.18. The van der Waals surface area contributed by atoms with Crippen LogP contribution in [0.5, 0.6) is 0 Å². The maximum Gasteiger partial charge on any atom is 0.256 e. The van der Waals surface area contributed by atoms with E-state index in [1.807, 2.05) is 7.05 Å². The highest BCUT2D eigenvalue weighted by Gasteiger charge is 1.97. The highest BCUT2D eigenvalue weighted by Crippen LogP contribution is 1.89. The third kappa shape index (κ3) is 1.26. The largest absolute Gasteiger partial charge is 0.328 e. The Morgan fingerprint density at radius 2 is 2.00 bits per heavy atom. The Balaban J connectivity index is 3.74. The molecule has 0 N–H and O–H groups in total. The van der Waals surface area contributed by atoms with Crippen LogP contribution in [0.3, 0.4) is 0 Å². The van der Waals surface area contributed by atoms with Gasteiger partial charge in [0.1, 0.15) is 0 Å². The summed E-state index contributed by atoms with van der Waals surface area (Å²) in [6.45, 7) is 1.77. The smallest absolute Gasteiger partial charge is 0.256 e. The number of nitrogens with zero attached hydrogens (tertiary/aromatic N) is 2. The van der Waals surface area contributed by atoms with Crippen molar-refractivity contribution in [3.63, 3.8) is 0 Å². The molecule has 4 heteroatoms. The van der Waals surface area contributed by atoms with Crippen LogP contribution in [0.1, 0.15) is 5.56 Å². The number of hydrogen-bond acceptors (Lipinski definition) is 2. The van der Waals surface area contributed by atoms with E-state index >= 15 is 0 Å². The fourth-order valence-electron chi connectivity index (χ4n) is 0.989. The van der Waals surface area contributed by atoms with Gasteiger partial charge in [0, 0.05) is 25.9 Å². The molecule has 0 saturated heterocycles. The lowest BCUT2D eigenvalue weighted by atomic mass is 10.4. The van der Waals surface area contributed by atoms with Crippen LogP contribution in [0, 0.1) is 11.7 Å². The molecule has 0 fully saturated rings. The van der Waals surface area contributed by atoms with Crippen LogP contribution in [0.15, 0.2) is 11.0 Å². The quantitative estimate of drug-likeness (QED) is 0.537. The SMILES string of the molecule is Cc1cn(C)c(=S)n(C)c1=O. The van der Waals surface area contributed by atoms with Crippen molar-refractivity contribution in [1.82, 2.24) is 9.13 Å². The van der Waals surface area contributed by atoms with Crippen LogP contribution in [-0.4, -0.2) is 9.13 Å². The van der Waals surface area contributed by atoms with Crippen molar-refractivity contribution in [2.75, 3.05) is 0 Å². The molecule has 1 aromatic rings. The summed E-state index contributed by atoms with van der Waals surface area (Å²) < 4.78 is 3.76. The number of aromatic nitrogens is 2. The first kappa shape index (κ1) is 8.20. The first-order valence-electron chi connectivity index (χ1n) is 3.27. The molecule has 3 nitrogen and oxygen atoms in total. The molecular weight excluding hydrogens is 160 g/mol. The molecule has 0 unspecified atom stereocenters. The van der Waals surface area contributed by atoms with Gasteiger partial charge in [-0.1, -0.05) is 0 Å². The second-order valence-electron chi connectivity index (χ2n) is 2.57. The monoisotopic (exact) mass is 170 g/mol. The van der Waals surface area contributed by atoms with Gasteiger partial charge in [-0.15, -0.1) is 0 Å². The highest BCUT2D eigenvalue weighted by atomic mass is 32.1. The summed E-state index contributed by atoms with van der Waals surface area (Å²) in [7, 11) is 3.51. The van der Waals surface area contributed by atoms with Crippen LogP contribution in [0.2, 0.25) is 0 Å². The molecule has 1 heterocycles. The Morgan fingerprint density at radius 1 is 1.45 bits per heavy atom. The molecule has 0 radical (unpaired) electrons. The summed E-state index contributed by atoms with van der Waals surface area (Å²) in [6, 6.07) is 0. The zero-order valence-electron chi connectivity index (χ0n) is 6.79. The van der Waals surface area contributed by atoms with E-state index in [0.717, 1.165) is 0 Å². The van der Waals surface area contributed by atoms with Crippen molar-refractivity contribution >= 4 is 12.2 Å². The molecule has 0 aliphatic rings. The number of rotatable bonds is 0. The average molecular weight is 170 g/mol. The molecule has 11 heavy (non-hydrogen) atoms. The van der Waals surface area contributed by atoms with Gasteiger partial charge < -0.3 is 4.57 Å². The standard InChI is InChI=1S/C7H10N2OS/c1-5-4-8(2)7(11)9(3)6(5)10/h4H,1-3H3. The van der Waals surface area contributed by atoms with E-state index in [1.54, 1.807) is 24.7 Å². The van der Waals surface area contributed by atoms with E-state index in [-0.39, 0.29) is 5.56 Å². The van der Waals surface area contributed by atoms with Gasteiger partial charge in [0.05, 0.1) is 0 Å². The van der Waals surface area contributed by atoms with Crippen molar-refractivity contribution < 1.29 is 0 Å². The normalized spacial score (nSPS) is 10.1. The molecule has 1 rings (SSSR count). The zero-order chi connectivity index (χ0) is 8.59. The molecule has 0 aliphatic carbocycles. The predicted molar refractivity (Wildman–Crippen MR) is 46.2 cm³/mol. The maximum atomic E-state index is 11.2. The minimum atomic E-state index is -0.0203. The van der Waals surface area contributed by atoms with Gasteiger partial charge in [-0.25, -0.2) is 0 Å². The first-order chi connectivity index (χ1) is 5.04. The van der Waals surface area contributed by atoms with Gasteiger partial charge in [-0.3, -0.25) is 9.36 Å². The van der Waals surface area contributed by atoms with Crippen LogP contribution in [0.4, 0.5) is 0 Å². The number of hydrogen-bond donors (Lipinski definition) is 0. The summed E-state index contributed by atoms with van der Waals surface area (Å²) in [5.41, 5.74) is 0.691. The highest BCUT2D eigenvalue weighted by molar-refractivity contribution is 7.71. The van der Waals surface area contributed by atoms with Crippen molar-refractivity contribution in [2.24, 2.45) is 14.1 Å². The van der Waals surface area contributed by atoms with Gasteiger partial charge in [0.25, 0.3) is 5.56 Å². The summed E-state index contributed by atoms with van der Waals surface area (Å²) in [5, 5.41) is 0. The molecule has 0 aromatic carbocycles. The van der Waals surface area contributed by atoms with E-state index in [1.165, 1.54) is 4.57 Å². The third-order valence-electron chi connectivity index (χ3n) is 1.62. The summed E-state index contributed by atoms with van der Waals surface area (Å²) in [4.78, 5) is 11.2. The summed E-state index contributed by atoms with van der Waals surface area (Å²) in [5.74, 6) is 0. The second kappa shape index (κ2) is 2.62. The molecule has 60 valence electrons. The summed E-state index contributed by atoms with van der Waals surface area (Å²) in [6.07, 6.45) is 1.74. The van der Waals surface area contributed by atoms with Gasteiger partial charge in [0.15, 0.2) is 4.77 Å². The Labute approximate surface area is 69.9 Å². The van der Waals surface area contributed by atoms with Crippen molar-refractivity contribution in [3.05, 3.63) is 26.9 Å². The van der Waals surface area contributed by atoms with E-state index in [9.17, 15) is 4.79 Å². The topological polar surface area (TPSA) is 26.9 Å². The van der Waals surface area contributed by atoms with Crippen LogP contribution < -0.4 is 5.56 Å². The first-order valence-corrected chi connectivity index (χ1v) is 3.68. The van der Waals surface area contributed by atoms with Gasteiger partial charge in [0.2, 0.25) is 0 Å². The predicted octanol–water partition coefficient (Wildman–Crippen LogP) is 0.762. The van der Waals surface area contributed by atoms with Crippen molar-refractivity contribution in [1.29, 1.82) is 0 Å². The van der Waals surface area contributed by atoms with Crippen LogP contribution in [0.25, 0.3) is 0 Å². The zero-order valence-corrected chi connectivity index (χ0v) is 7.60. The van der Waals surface area contributed by atoms with E-state index in [2.05, 4.69) is 0 Å². The average Bonchev–Trinajstić information content (AvgIpc) is 1.97. The van der Waals surface area contributed by atoms with E-state index in [4.69, 9.17) is 12.2 Å². The molecule has 0 spiro atoms. The fraction of sp³-hybridized carbons (Fsp3) is 0.429. The Morgan fingerprint density at radius 3 is 2.55 bits per heavy atom. The van der Waals surface area contributed by atoms with Crippen LogP contribution >= 0.6 is 12.2 Å². The molecular formula is C7H10N2OS. The van der Waals surface area contributed by atoms with Crippen molar-refractivity contribution in [2.45, 2.75) is 6.92 Å². The lowest BCUT2D eigenvalue weighted by Crippen LogP contribution is -2.23. The van der Waals surface area contributed by atoms with Crippen molar-refractivity contribution in [3.8, 4) is 0 Å². The molecule has 0 atom stereocenters. The Bertz CT molecular complexity index is 354. The molecule has 0 saturated carbocycles. The summed E-state index contributed by atoms with van der Waals surface area (Å²) >= 11 is 4.97. The fourth-order valence-corrected chi connectivity index (χ4v) is 1.12. The van der Waals surface area contributed by atoms with Crippen LogP contribution in [-0.2, 0) is 14.1 Å². The Kier molecular flexibility index (Phi) is 1.95. The lowest BCUT2D eigenvalue weighted by molar-refractivity contribution is 0.707. The Hall–Kier alpha value is -0.900. The maximum absolute atomic E-state index is 11.2. The molecule has 1 aromatic heterocycles. The van der Waals surface area contributed by atoms with Gasteiger partial charge in [-0.05, 0) is 19.1 Å². The minimum absolute atomic E-state index is 0.0203. The van der Waals surface area contributed by atoms with E-state index < -0.39 is 0 Å².